The van der Waals surface area contributed by atoms with E-state index in [4.69, 9.17) is 5.26 Å². The largest absolute Gasteiger partial charge is 0.326 e. The van der Waals surface area contributed by atoms with Gasteiger partial charge in [-0.25, -0.2) is 0 Å². The highest BCUT2D eigenvalue weighted by Crippen LogP contribution is 2.46. The third-order valence-electron chi connectivity index (χ3n) is 4.82. The Morgan fingerprint density at radius 3 is 2.35 bits per heavy atom. The van der Waals surface area contributed by atoms with E-state index >= 15 is 0 Å². The van der Waals surface area contributed by atoms with Crippen molar-refractivity contribution in [2.45, 2.75) is 58.2 Å². The average molecular weight is 275 g/mol. The van der Waals surface area contributed by atoms with E-state index < -0.39 is 0 Å². The van der Waals surface area contributed by atoms with Gasteiger partial charge in [0.2, 0.25) is 6.41 Å². The first kappa shape index (κ1) is 16.5. The molecule has 3 rings (SSSR count). The van der Waals surface area contributed by atoms with Gasteiger partial charge in [0.1, 0.15) is 6.04 Å². The molecule has 20 heavy (non-hydrogen) atoms. The second-order valence-corrected chi connectivity index (χ2v) is 6.41. The summed E-state index contributed by atoms with van der Waals surface area (Å²) in [6.45, 7) is 8.09. The van der Waals surface area contributed by atoms with Crippen LogP contribution in [-0.4, -0.2) is 36.0 Å². The number of hydrogen-bond donors (Lipinski definition) is 1. The van der Waals surface area contributed by atoms with Gasteiger partial charge in [-0.05, 0) is 44.1 Å². The first-order chi connectivity index (χ1) is 9.49. The molecule has 0 bridgehead atoms. The molecule has 0 spiro atoms. The zero-order valence-electron chi connectivity index (χ0n) is 12.7. The van der Waals surface area contributed by atoms with Gasteiger partial charge in [0.25, 0.3) is 0 Å². The zero-order chi connectivity index (χ0) is 15.3. The van der Waals surface area contributed by atoms with Crippen LogP contribution in [0.2, 0.25) is 0 Å². The first-order valence-corrected chi connectivity index (χ1v) is 7.18. The summed E-state index contributed by atoms with van der Waals surface area (Å²) in [5.74, 6) is 0.648. The van der Waals surface area contributed by atoms with Crippen LogP contribution >= 0.6 is 0 Å². The van der Waals surface area contributed by atoms with Crippen LogP contribution in [0.3, 0.4) is 0 Å². The Morgan fingerprint density at radius 2 is 2.05 bits per heavy atom. The molecular formula is C16H25N3O. The average Bonchev–Trinajstić information content (AvgIpc) is 3.02. The van der Waals surface area contributed by atoms with Crippen molar-refractivity contribution < 1.29 is 4.79 Å². The first-order valence-electron chi connectivity index (χ1n) is 7.18. The lowest BCUT2D eigenvalue weighted by atomic mass is 9.86. The molecule has 2 saturated heterocycles. The molecular weight excluding hydrogens is 250 g/mol. The fraction of sp³-hybridized carbons (Fsp3) is 0.750. The van der Waals surface area contributed by atoms with Crippen LogP contribution in [0.4, 0.5) is 0 Å². The third kappa shape index (κ3) is 3.52. The van der Waals surface area contributed by atoms with Crippen molar-refractivity contribution in [2.24, 2.45) is 11.3 Å². The maximum atomic E-state index is 10.4. The molecule has 0 radical (unpaired) electrons. The van der Waals surface area contributed by atoms with Crippen molar-refractivity contribution in [1.82, 2.24) is 10.2 Å². The number of carbonyl (C=O) groups excluding carboxylic acids is 1. The molecule has 1 amide bonds. The molecule has 3 aliphatic rings. The molecule has 1 unspecified atom stereocenters. The molecule has 1 aliphatic carbocycles. The van der Waals surface area contributed by atoms with Crippen molar-refractivity contribution in [3.05, 3.63) is 0 Å². The van der Waals surface area contributed by atoms with Crippen LogP contribution < -0.4 is 5.32 Å². The van der Waals surface area contributed by atoms with Gasteiger partial charge in [-0.3, -0.25) is 4.79 Å². The number of piperidine rings is 1. The number of likely N-dealkylation sites (tertiary alicyclic amines) is 1. The lowest BCUT2D eigenvalue weighted by molar-refractivity contribution is -0.118. The van der Waals surface area contributed by atoms with Crippen LogP contribution in [0.25, 0.3) is 0 Å². The maximum absolute atomic E-state index is 10.4. The van der Waals surface area contributed by atoms with E-state index in [-0.39, 0.29) is 6.04 Å². The number of nitrogens with zero attached hydrogens (tertiary/aromatic N) is 2. The minimum atomic E-state index is -0.124. The van der Waals surface area contributed by atoms with E-state index in [0.717, 1.165) is 19.3 Å². The Bertz CT molecular complexity index is 396. The monoisotopic (exact) mass is 275 g/mol. The molecule has 0 aromatic heterocycles. The van der Waals surface area contributed by atoms with E-state index in [2.05, 4.69) is 45.0 Å². The molecule has 1 saturated carbocycles. The van der Waals surface area contributed by atoms with Crippen molar-refractivity contribution in [3.63, 3.8) is 0 Å². The number of amides is 1. The molecule has 4 atom stereocenters. The van der Waals surface area contributed by atoms with E-state index in [1.165, 1.54) is 13.0 Å². The molecule has 0 aromatic rings. The summed E-state index contributed by atoms with van der Waals surface area (Å²) in [7, 11) is 0. The summed E-state index contributed by atoms with van der Waals surface area (Å²) in [6, 6.07) is 3.13. The molecule has 2 heterocycles. The number of fused-ring (bicyclic) bond motifs is 1. The van der Waals surface area contributed by atoms with E-state index in [1.807, 2.05) is 0 Å². The number of hydrogen-bond acceptors (Lipinski definition) is 3. The lowest BCUT2D eigenvalue weighted by Gasteiger charge is -2.21. The standard InChI is InChI=1S/C7H8N2O.C7H15N.C2H2/c8-3-6-1-5-2-7(5)9(6)4-10;1-6-7(2,3)4-5-8-6;1-2/h4-7H,1-2H2;6,8H,4-5H2,1-3H3;1-2H/t5-,6+,7+;;/m1../s1. The van der Waals surface area contributed by atoms with E-state index in [0.29, 0.717) is 23.4 Å². The summed E-state index contributed by atoms with van der Waals surface area (Å²) >= 11 is 0. The predicted octanol–water partition coefficient (Wildman–Crippen LogP) is 1.77. The second kappa shape index (κ2) is 6.77. The molecule has 3 fully saturated rings. The van der Waals surface area contributed by atoms with Crippen molar-refractivity contribution >= 4 is 6.41 Å². The van der Waals surface area contributed by atoms with Crippen LogP contribution in [0.15, 0.2) is 0 Å². The van der Waals surface area contributed by atoms with Crippen molar-refractivity contribution in [3.8, 4) is 18.9 Å². The second-order valence-electron chi connectivity index (χ2n) is 6.41. The highest BCUT2D eigenvalue weighted by Gasteiger charge is 2.51. The molecule has 110 valence electrons. The van der Waals surface area contributed by atoms with Gasteiger partial charge < -0.3 is 10.2 Å². The molecule has 4 nitrogen and oxygen atoms in total. The Labute approximate surface area is 122 Å². The normalized spacial score (nSPS) is 35.5. The SMILES string of the molecule is C#C.CC1NCCC1(C)C.N#C[C@@H]1C[C@@H]2C[C@@H]2N1C=O. The maximum Gasteiger partial charge on any atom is 0.211 e. The topological polar surface area (TPSA) is 56.1 Å². The number of carbonyl (C=O) groups is 1. The van der Waals surface area contributed by atoms with Gasteiger partial charge in [0.05, 0.1) is 6.07 Å². The van der Waals surface area contributed by atoms with Gasteiger partial charge in [-0.15, -0.1) is 12.8 Å². The molecule has 4 heteroatoms. The number of rotatable bonds is 1. The Morgan fingerprint density at radius 1 is 1.40 bits per heavy atom. The number of terminal acetylenes is 1. The van der Waals surface area contributed by atoms with Crippen LogP contribution in [-0.2, 0) is 4.79 Å². The Hall–Kier alpha value is -1.52. The fourth-order valence-electron chi connectivity index (χ4n) is 2.86. The minimum absolute atomic E-state index is 0.124. The zero-order valence-corrected chi connectivity index (χ0v) is 12.7. The Kier molecular flexibility index (Phi) is 5.60. The van der Waals surface area contributed by atoms with Crippen LogP contribution in [0.5, 0.6) is 0 Å². The quantitative estimate of drug-likeness (QED) is 0.586. The fourth-order valence-corrected chi connectivity index (χ4v) is 2.86. The number of nitriles is 1. The minimum Gasteiger partial charge on any atom is -0.326 e. The highest BCUT2D eigenvalue weighted by atomic mass is 16.1. The van der Waals surface area contributed by atoms with Gasteiger partial charge in [-0.1, -0.05) is 13.8 Å². The van der Waals surface area contributed by atoms with E-state index in [1.54, 1.807) is 4.90 Å². The smallest absolute Gasteiger partial charge is 0.211 e. The van der Waals surface area contributed by atoms with Gasteiger partial charge in [0.15, 0.2) is 0 Å². The molecule has 2 aliphatic heterocycles. The summed E-state index contributed by atoms with van der Waals surface area (Å²) in [5.41, 5.74) is 0.542. The van der Waals surface area contributed by atoms with Crippen molar-refractivity contribution in [2.75, 3.05) is 6.54 Å². The van der Waals surface area contributed by atoms with Gasteiger partial charge in [0, 0.05) is 12.1 Å². The third-order valence-corrected chi connectivity index (χ3v) is 4.82. The van der Waals surface area contributed by atoms with Gasteiger partial charge in [-0.2, -0.15) is 5.26 Å². The molecule has 0 aromatic carbocycles. The summed E-state index contributed by atoms with van der Waals surface area (Å²) in [4.78, 5) is 12.0. The predicted molar refractivity (Wildman–Crippen MR) is 79.6 cm³/mol. The van der Waals surface area contributed by atoms with Crippen LogP contribution in [0, 0.1) is 35.5 Å². The summed E-state index contributed by atoms with van der Waals surface area (Å²) < 4.78 is 0. The van der Waals surface area contributed by atoms with Crippen molar-refractivity contribution in [1.29, 1.82) is 5.26 Å². The summed E-state index contributed by atoms with van der Waals surface area (Å²) in [6.07, 6.45) is 12.2. The number of nitrogens with one attached hydrogen (secondary N) is 1. The van der Waals surface area contributed by atoms with Gasteiger partial charge >= 0.3 is 0 Å². The molecule has 1 N–H and O–H groups in total. The highest BCUT2D eigenvalue weighted by molar-refractivity contribution is 5.52. The Balaban J connectivity index is 0.000000182. The van der Waals surface area contributed by atoms with Crippen LogP contribution in [0.1, 0.15) is 40.0 Å². The summed E-state index contributed by atoms with van der Waals surface area (Å²) in [5, 5.41) is 12.0. The lowest BCUT2D eigenvalue weighted by Crippen LogP contribution is -2.29. The van der Waals surface area contributed by atoms with E-state index in [9.17, 15) is 4.79 Å².